The maximum atomic E-state index is 10.6. The van der Waals surface area contributed by atoms with Gasteiger partial charge in [-0.3, -0.25) is 4.79 Å². The van der Waals surface area contributed by atoms with Crippen molar-refractivity contribution in [1.29, 1.82) is 0 Å². The molecular weight excluding hydrogens is 258 g/mol. The van der Waals surface area contributed by atoms with E-state index in [1.165, 1.54) is 11.3 Å². The molecule has 0 aliphatic heterocycles. The van der Waals surface area contributed by atoms with Gasteiger partial charge in [-0.2, -0.15) is 0 Å². The molecule has 0 saturated carbocycles. The molecule has 6 heteroatoms. The lowest BCUT2D eigenvalue weighted by molar-refractivity contribution is -0.136. The zero-order chi connectivity index (χ0) is 12.3. The van der Waals surface area contributed by atoms with Crippen LogP contribution >= 0.6 is 23.1 Å². The lowest BCUT2D eigenvalue weighted by atomic mass is 10.3. The Morgan fingerprint density at radius 2 is 2.47 bits per heavy atom. The van der Waals surface area contributed by atoms with Crippen LogP contribution in [0.5, 0.6) is 0 Å². The summed E-state index contributed by atoms with van der Waals surface area (Å²) in [6.45, 7) is 1.84. The van der Waals surface area contributed by atoms with Crippen molar-refractivity contribution in [3.8, 4) is 0 Å². The summed E-state index contributed by atoms with van der Waals surface area (Å²) in [5.74, 6) is 0.786. The standard InChI is InChI=1S/C11H11NO3S2/c1-7-9(5-10(13)14)17-11(12-7)16-6-8-3-2-4-15-8/h2-4H,5-6H2,1H3,(H,13,14). The van der Waals surface area contributed by atoms with Crippen LogP contribution in [-0.4, -0.2) is 16.1 Å². The molecule has 90 valence electrons. The number of aromatic nitrogens is 1. The molecule has 0 aliphatic rings. The molecular formula is C11H11NO3S2. The summed E-state index contributed by atoms with van der Waals surface area (Å²) in [5, 5.41) is 8.74. The molecule has 2 heterocycles. The maximum absolute atomic E-state index is 10.6. The lowest BCUT2D eigenvalue weighted by Gasteiger charge is -1.92. The van der Waals surface area contributed by atoms with E-state index >= 15 is 0 Å². The van der Waals surface area contributed by atoms with E-state index in [2.05, 4.69) is 4.98 Å². The number of rotatable bonds is 5. The largest absolute Gasteiger partial charge is 0.481 e. The monoisotopic (exact) mass is 269 g/mol. The molecule has 0 aliphatic carbocycles. The van der Waals surface area contributed by atoms with Gasteiger partial charge in [0.15, 0.2) is 4.34 Å². The predicted molar refractivity (Wildman–Crippen MR) is 66.5 cm³/mol. The first-order chi connectivity index (χ1) is 8.15. The third kappa shape index (κ3) is 3.34. The number of thioether (sulfide) groups is 1. The van der Waals surface area contributed by atoms with Crippen LogP contribution in [0.15, 0.2) is 27.2 Å². The van der Waals surface area contributed by atoms with Gasteiger partial charge in [0.05, 0.1) is 24.1 Å². The minimum Gasteiger partial charge on any atom is -0.481 e. The Kier molecular flexibility index (Phi) is 3.86. The molecule has 0 bridgehead atoms. The minimum atomic E-state index is -0.820. The van der Waals surface area contributed by atoms with Gasteiger partial charge in [0.1, 0.15) is 5.76 Å². The quantitative estimate of drug-likeness (QED) is 0.845. The summed E-state index contributed by atoms with van der Waals surface area (Å²) in [6, 6.07) is 3.75. The number of hydrogen-bond acceptors (Lipinski definition) is 5. The Morgan fingerprint density at radius 1 is 1.65 bits per heavy atom. The highest BCUT2D eigenvalue weighted by Gasteiger charge is 2.11. The van der Waals surface area contributed by atoms with Crippen molar-refractivity contribution in [1.82, 2.24) is 4.98 Å². The SMILES string of the molecule is Cc1nc(SCc2ccco2)sc1CC(=O)O. The van der Waals surface area contributed by atoms with Gasteiger partial charge < -0.3 is 9.52 Å². The number of carbonyl (C=O) groups is 1. The van der Waals surface area contributed by atoms with Crippen molar-refractivity contribution in [2.75, 3.05) is 0 Å². The number of furan rings is 1. The third-order valence-corrected chi connectivity index (χ3v) is 4.43. The van der Waals surface area contributed by atoms with Crippen molar-refractivity contribution in [3.63, 3.8) is 0 Å². The second-order valence-electron chi connectivity index (χ2n) is 3.43. The van der Waals surface area contributed by atoms with Crippen LogP contribution in [0.2, 0.25) is 0 Å². The van der Waals surface area contributed by atoms with E-state index in [1.807, 2.05) is 19.1 Å². The molecule has 0 amide bonds. The van der Waals surface area contributed by atoms with Crippen LogP contribution in [-0.2, 0) is 17.0 Å². The van der Waals surface area contributed by atoms with E-state index in [0.29, 0.717) is 5.75 Å². The van der Waals surface area contributed by atoms with Gasteiger partial charge in [0, 0.05) is 4.88 Å². The van der Waals surface area contributed by atoms with E-state index in [-0.39, 0.29) is 6.42 Å². The number of hydrogen-bond donors (Lipinski definition) is 1. The van der Waals surface area contributed by atoms with E-state index in [0.717, 1.165) is 20.7 Å². The summed E-state index contributed by atoms with van der Waals surface area (Å²) in [5.41, 5.74) is 0.805. The van der Waals surface area contributed by atoms with E-state index in [1.54, 1.807) is 18.0 Å². The normalized spacial score (nSPS) is 10.6. The first kappa shape index (κ1) is 12.2. The Morgan fingerprint density at radius 3 is 3.12 bits per heavy atom. The zero-order valence-electron chi connectivity index (χ0n) is 9.17. The molecule has 2 aromatic rings. The van der Waals surface area contributed by atoms with Crippen molar-refractivity contribution in [2.45, 2.75) is 23.4 Å². The summed E-state index contributed by atoms with van der Waals surface area (Å²) in [7, 11) is 0. The first-order valence-corrected chi connectivity index (χ1v) is 6.78. The van der Waals surface area contributed by atoms with Crippen molar-refractivity contribution >= 4 is 29.1 Å². The molecule has 0 radical (unpaired) electrons. The van der Waals surface area contributed by atoms with Gasteiger partial charge in [-0.15, -0.1) is 11.3 Å². The highest BCUT2D eigenvalue weighted by atomic mass is 32.2. The molecule has 2 rings (SSSR count). The average molecular weight is 269 g/mol. The number of nitrogens with zero attached hydrogens (tertiary/aromatic N) is 1. The van der Waals surface area contributed by atoms with E-state index < -0.39 is 5.97 Å². The van der Waals surface area contributed by atoms with Gasteiger partial charge in [-0.05, 0) is 19.1 Å². The fourth-order valence-electron chi connectivity index (χ4n) is 1.29. The van der Waals surface area contributed by atoms with E-state index in [9.17, 15) is 4.79 Å². The highest BCUT2D eigenvalue weighted by Crippen LogP contribution is 2.29. The Bertz CT molecular complexity index is 505. The fourth-order valence-corrected chi connectivity index (χ4v) is 3.42. The van der Waals surface area contributed by atoms with Crippen LogP contribution in [0.3, 0.4) is 0 Å². The van der Waals surface area contributed by atoms with Crippen LogP contribution in [0.4, 0.5) is 0 Å². The van der Waals surface area contributed by atoms with Gasteiger partial charge >= 0.3 is 5.97 Å². The Labute approximate surface area is 107 Å². The molecule has 17 heavy (non-hydrogen) atoms. The zero-order valence-corrected chi connectivity index (χ0v) is 10.8. The summed E-state index contributed by atoms with van der Waals surface area (Å²) < 4.78 is 6.10. The van der Waals surface area contributed by atoms with Gasteiger partial charge in [0.2, 0.25) is 0 Å². The number of carboxylic acid groups (broad SMARTS) is 1. The van der Waals surface area contributed by atoms with Gasteiger partial charge in [-0.1, -0.05) is 11.8 Å². The lowest BCUT2D eigenvalue weighted by Crippen LogP contribution is -1.99. The molecule has 0 saturated heterocycles. The molecule has 0 aromatic carbocycles. The molecule has 4 nitrogen and oxygen atoms in total. The molecule has 0 unspecified atom stereocenters. The Balaban J connectivity index is 1.99. The van der Waals surface area contributed by atoms with Crippen molar-refractivity contribution in [3.05, 3.63) is 34.7 Å². The smallest absolute Gasteiger partial charge is 0.308 e. The number of aryl methyl sites for hydroxylation is 1. The van der Waals surface area contributed by atoms with Crippen LogP contribution in [0, 0.1) is 6.92 Å². The van der Waals surface area contributed by atoms with Crippen LogP contribution < -0.4 is 0 Å². The van der Waals surface area contributed by atoms with E-state index in [4.69, 9.17) is 9.52 Å². The van der Waals surface area contributed by atoms with Crippen LogP contribution in [0.1, 0.15) is 16.3 Å². The fraction of sp³-hybridized carbons (Fsp3) is 0.273. The van der Waals surface area contributed by atoms with Crippen LogP contribution in [0.25, 0.3) is 0 Å². The second-order valence-corrected chi connectivity index (χ2v) is 5.73. The Hall–Kier alpha value is -1.27. The third-order valence-electron chi connectivity index (χ3n) is 2.10. The van der Waals surface area contributed by atoms with Crippen molar-refractivity contribution < 1.29 is 14.3 Å². The van der Waals surface area contributed by atoms with Gasteiger partial charge in [0.25, 0.3) is 0 Å². The predicted octanol–water partition coefficient (Wildman–Crippen LogP) is 2.96. The summed E-state index contributed by atoms with van der Waals surface area (Å²) in [6.07, 6.45) is 1.68. The molecule has 0 atom stereocenters. The topological polar surface area (TPSA) is 63.3 Å². The second kappa shape index (κ2) is 5.37. The minimum absolute atomic E-state index is 0.0464. The molecule has 0 spiro atoms. The summed E-state index contributed by atoms with van der Waals surface area (Å²) >= 11 is 3.00. The molecule has 1 N–H and O–H groups in total. The highest BCUT2D eigenvalue weighted by molar-refractivity contribution is 8.00. The molecule has 0 fully saturated rings. The maximum Gasteiger partial charge on any atom is 0.308 e. The first-order valence-electron chi connectivity index (χ1n) is 4.98. The average Bonchev–Trinajstić information content (AvgIpc) is 2.86. The van der Waals surface area contributed by atoms with Crippen molar-refractivity contribution in [2.24, 2.45) is 0 Å². The molecule has 2 aromatic heterocycles. The number of aliphatic carboxylic acids is 1. The number of carboxylic acids is 1. The summed E-state index contributed by atoms with van der Waals surface area (Å²) in [4.78, 5) is 15.8. The van der Waals surface area contributed by atoms with Gasteiger partial charge in [-0.25, -0.2) is 4.98 Å². The number of thiazole rings is 1.